The van der Waals surface area contributed by atoms with Crippen LogP contribution in [0, 0.1) is 6.92 Å². The third-order valence-corrected chi connectivity index (χ3v) is 4.42. The van der Waals surface area contributed by atoms with Gasteiger partial charge in [0.2, 0.25) is 5.91 Å². The monoisotopic (exact) mass is 337 g/mol. The van der Waals surface area contributed by atoms with Crippen molar-refractivity contribution in [3.05, 3.63) is 77.5 Å². The normalized spacial score (nSPS) is 12.1. The van der Waals surface area contributed by atoms with Crippen LogP contribution in [-0.4, -0.2) is 27.6 Å². The van der Waals surface area contributed by atoms with E-state index in [1.165, 1.54) is 0 Å². The van der Waals surface area contributed by atoms with Gasteiger partial charge in [0, 0.05) is 38.8 Å². The summed E-state index contributed by atoms with van der Waals surface area (Å²) >= 11 is 0. The van der Waals surface area contributed by atoms with Crippen LogP contribution < -0.4 is 0 Å². The maximum atomic E-state index is 12.8. The number of benzene rings is 1. The predicted octanol–water partition coefficient (Wildman–Crippen LogP) is 3.50. The molecule has 3 aromatic rings. The largest absolute Gasteiger partial charge is 0.469 e. The summed E-state index contributed by atoms with van der Waals surface area (Å²) in [6.45, 7) is 2.52. The average Bonchev–Trinajstić information content (AvgIpc) is 3.23. The summed E-state index contributed by atoms with van der Waals surface area (Å²) in [4.78, 5) is 14.6. The molecule has 1 atom stereocenters. The molecule has 5 heteroatoms. The van der Waals surface area contributed by atoms with E-state index in [1.807, 2.05) is 69.7 Å². The number of rotatable bonds is 6. The Morgan fingerprint density at radius 3 is 2.60 bits per heavy atom. The standard InChI is InChI=1S/C20H23N3O2/c1-15-17(14-23(3)21-15)13-22(2)20(24)12-18(19-10-7-11-25-19)16-8-5-4-6-9-16/h4-11,14,18H,12-13H2,1-3H3. The third-order valence-electron chi connectivity index (χ3n) is 4.42. The Hall–Kier alpha value is -2.82. The number of furan rings is 1. The molecule has 130 valence electrons. The maximum Gasteiger partial charge on any atom is 0.223 e. The van der Waals surface area contributed by atoms with Gasteiger partial charge in [-0.25, -0.2) is 0 Å². The van der Waals surface area contributed by atoms with Gasteiger partial charge >= 0.3 is 0 Å². The van der Waals surface area contributed by atoms with Crippen molar-refractivity contribution in [1.82, 2.24) is 14.7 Å². The minimum absolute atomic E-state index is 0.0773. The lowest BCUT2D eigenvalue weighted by atomic mass is 9.92. The number of aryl methyl sites for hydroxylation is 2. The summed E-state index contributed by atoms with van der Waals surface area (Å²) < 4.78 is 7.36. The Morgan fingerprint density at radius 1 is 1.24 bits per heavy atom. The molecule has 5 nitrogen and oxygen atoms in total. The van der Waals surface area contributed by atoms with E-state index in [1.54, 1.807) is 15.8 Å². The second-order valence-corrected chi connectivity index (χ2v) is 6.35. The molecule has 0 saturated carbocycles. The van der Waals surface area contributed by atoms with Gasteiger partial charge in [-0.2, -0.15) is 5.10 Å². The first-order chi connectivity index (χ1) is 12.0. The number of hydrogen-bond acceptors (Lipinski definition) is 3. The number of carbonyl (C=O) groups is 1. The van der Waals surface area contributed by atoms with Crippen molar-refractivity contribution in [2.45, 2.75) is 25.8 Å². The first-order valence-electron chi connectivity index (χ1n) is 8.36. The van der Waals surface area contributed by atoms with Gasteiger partial charge in [0.1, 0.15) is 5.76 Å². The van der Waals surface area contributed by atoms with Crippen LogP contribution in [0.25, 0.3) is 0 Å². The van der Waals surface area contributed by atoms with Gasteiger partial charge in [-0.05, 0) is 24.6 Å². The molecular weight excluding hydrogens is 314 g/mol. The van der Waals surface area contributed by atoms with Crippen LogP contribution in [0.2, 0.25) is 0 Å². The molecular formula is C20H23N3O2. The highest BCUT2D eigenvalue weighted by molar-refractivity contribution is 5.77. The van der Waals surface area contributed by atoms with E-state index < -0.39 is 0 Å². The van der Waals surface area contributed by atoms with Crippen LogP contribution in [-0.2, 0) is 18.4 Å². The minimum atomic E-state index is -0.0823. The highest BCUT2D eigenvalue weighted by Gasteiger charge is 2.23. The lowest BCUT2D eigenvalue weighted by molar-refractivity contribution is -0.130. The van der Waals surface area contributed by atoms with Crippen LogP contribution in [0.3, 0.4) is 0 Å². The van der Waals surface area contributed by atoms with Crippen molar-refractivity contribution in [3.8, 4) is 0 Å². The highest BCUT2D eigenvalue weighted by Crippen LogP contribution is 2.29. The van der Waals surface area contributed by atoms with E-state index in [9.17, 15) is 4.79 Å². The van der Waals surface area contributed by atoms with Crippen LogP contribution in [0.4, 0.5) is 0 Å². The molecule has 0 spiro atoms. The van der Waals surface area contributed by atoms with Gasteiger partial charge < -0.3 is 9.32 Å². The zero-order valence-corrected chi connectivity index (χ0v) is 14.8. The van der Waals surface area contributed by atoms with E-state index >= 15 is 0 Å². The van der Waals surface area contributed by atoms with Gasteiger partial charge in [-0.15, -0.1) is 0 Å². The molecule has 0 bridgehead atoms. The summed E-state index contributed by atoms with van der Waals surface area (Å²) in [5.74, 6) is 0.806. The smallest absolute Gasteiger partial charge is 0.223 e. The fourth-order valence-corrected chi connectivity index (χ4v) is 3.04. The van der Waals surface area contributed by atoms with Crippen LogP contribution in [0.1, 0.15) is 34.9 Å². The first kappa shape index (κ1) is 17.0. The van der Waals surface area contributed by atoms with Crippen molar-refractivity contribution in [3.63, 3.8) is 0 Å². The zero-order chi connectivity index (χ0) is 17.8. The maximum absolute atomic E-state index is 12.8. The Morgan fingerprint density at radius 2 is 2.00 bits per heavy atom. The minimum Gasteiger partial charge on any atom is -0.469 e. The van der Waals surface area contributed by atoms with Gasteiger partial charge in [0.15, 0.2) is 0 Å². The van der Waals surface area contributed by atoms with Crippen molar-refractivity contribution >= 4 is 5.91 Å². The first-order valence-corrected chi connectivity index (χ1v) is 8.36. The summed E-state index contributed by atoms with van der Waals surface area (Å²) in [6.07, 6.45) is 3.98. The molecule has 25 heavy (non-hydrogen) atoms. The summed E-state index contributed by atoms with van der Waals surface area (Å²) in [7, 11) is 3.72. The molecule has 0 fully saturated rings. The molecule has 2 aromatic heterocycles. The SMILES string of the molecule is Cc1nn(C)cc1CN(C)C(=O)CC(c1ccccc1)c1ccco1. The molecule has 0 saturated heterocycles. The molecule has 0 radical (unpaired) electrons. The average molecular weight is 337 g/mol. The van der Waals surface area contributed by atoms with Crippen LogP contribution in [0.5, 0.6) is 0 Å². The molecule has 1 unspecified atom stereocenters. The topological polar surface area (TPSA) is 51.3 Å². The molecule has 3 rings (SSSR count). The number of amides is 1. The van der Waals surface area contributed by atoms with Gasteiger partial charge in [0.25, 0.3) is 0 Å². The number of aromatic nitrogens is 2. The van der Waals surface area contributed by atoms with Gasteiger partial charge in [-0.3, -0.25) is 9.48 Å². The summed E-state index contributed by atoms with van der Waals surface area (Å²) in [5, 5.41) is 4.34. The van der Waals surface area contributed by atoms with E-state index in [-0.39, 0.29) is 11.8 Å². The Balaban J connectivity index is 1.75. The summed E-state index contributed by atoms with van der Waals surface area (Å²) in [5.41, 5.74) is 3.09. The van der Waals surface area contributed by atoms with Gasteiger partial charge in [-0.1, -0.05) is 30.3 Å². The zero-order valence-electron chi connectivity index (χ0n) is 14.8. The Kier molecular flexibility index (Phi) is 5.03. The van der Waals surface area contributed by atoms with Crippen molar-refractivity contribution in [2.75, 3.05) is 7.05 Å². The van der Waals surface area contributed by atoms with E-state index in [0.717, 1.165) is 22.6 Å². The van der Waals surface area contributed by atoms with E-state index in [4.69, 9.17) is 4.42 Å². The molecule has 2 heterocycles. The van der Waals surface area contributed by atoms with Crippen molar-refractivity contribution in [2.24, 2.45) is 7.05 Å². The number of hydrogen-bond donors (Lipinski definition) is 0. The summed E-state index contributed by atoms with van der Waals surface area (Å²) in [6, 6.07) is 13.8. The molecule has 1 amide bonds. The number of carbonyl (C=O) groups excluding carboxylic acids is 1. The fourth-order valence-electron chi connectivity index (χ4n) is 3.04. The second kappa shape index (κ2) is 7.38. The molecule has 0 aliphatic rings. The van der Waals surface area contributed by atoms with Crippen molar-refractivity contribution < 1.29 is 9.21 Å². The fraction of sp³-hybridized carbons (Fsp3) is 0.300. The third kappa shape index (κ3) is 3.99. The molecule has 0 aliphatic carbocycles. The number of nitrogens with zero attached hydrogens (tertiary/aromatic N) is 3. The second-order valence-electron chi connectivity index (χ2n) is 6.35. The lowest BCUT2D eigenvalue weighted by Crippen LogP contribution is -2.28. The van der Waals surface area contributed by atoms with E-state index in [2.05, 4.69) is 5.10 Å². The molecule has 1 aromatic carbocycles. The van der Waals surface area contributed by atoms with Crippen molar-refractivity contribution in [1.29, 1.82) is 0 Å². The Labute approximate surface area is 147 Å². The van der Waals surface area contributed by atoms with Gasteiger partial charge in [0.05, 0.1) is 17.9 Å². The quantitative estimate of drug-likeness (QED) is 0.692. The lowest BCUT2D eigenvalue weighted by Gasteiger charge is -2.21. The van der Waals surface area contributed by atoms with Crippen LogP contribution in [0.15, 0.2) is 59.3 Å². The molecule has 0 N–H and O–H groups in total. The Bertz CT molecular complexity index is 822. The predicted molar refractivity (Wildman–Crippen MR) is 96.0 cm³/mol. The molecule has 0 aliphatic heterocycles. The van der Waals surface area contributed by atoms with Crippen LogP contribution >= 0.6 is 0 Å². The highest BCUT2D eigenvalue weighted by atomic mass is 16.3. The van der Waals surface area contributed by atoms with E-state index in [0.29, 0.717) is 13.0 Å².